The zero-order chi connectivity index (χ0) is 15.1. The summed E-state index contributed by atoms with van der Waals surface area (Å²) in [7, 11) is 0. The Bertz CT molecular complexity index is 505. The molecule has 1 aliphatic rings. The summed E-state index contributed by atoms with van der Waals surface area (Å²) in [6.45, 7) is 0.353. The van der Waals surface area contributed by atoms with Gasteiger partial charge in [0.25, 0.3) is 0 Å². The molecule has 2 rings (SSSR count). The van der Waals surface area contributed by atoms with Gasteiger partial charge in [-0.2, -0.15) is 0 Å². The number of urea groups is 1. The second-order valence-corrected chi connectivity index (χ2v) is 7.30. The molecule has 0 radical (unpaired) electrons. The van der Waals surface area contributed by atoms with E-state index >= 15 is 0 Å². The van der Waals surface area contributed by atoms with Crippen molar-refractivity contribution in [3.63, 3.8) is 0 Å². The SMILES string of the molecule is O=C(O)CCCNC(=O)Nc1cccc(C2SCCS2)c1. The number of carboxylic acids is 1. The lowest BCUT2D eigenvalue weighted by molar-refractivity contribution is -0.137. The summed E-state index contributed by atoms with van der Waals surface area (Å²) in [4.78, 5) is 22.1. The third-order valence-corrected chi connectivity index (χ3v) is 6.00. The first-order valence-corrected chi connectivity index (χ1v) is 8.85. The lowest BCUT2D eigenvalue weighted by Crippen LogP contribution is -2.29. The van der Waals surface area contributed by atoms with Gasteiger partial charge in [-0.15, -0.1) is 23.5 Å². The fourth-order valence-electron chi connectivity index (χ4n) is 1.93. The van der Waals surface area contributed by atoms with Crippen LogP contribution < -0.4 is 10.6 Å². The highest BCUT2D eigenvalue weighted by molar-refractivity contribution is 8.19. The molecule has 1 saturated heterocycles. The molecule has 1 aliphatic heterocycles. The first kappa shape index (κ1) is 16.0. The van der Waals surface area contributed by atoms with Crippen LogP contribution in [0.1, 0.15) is 23.0 Å². The van der Waals surface area contributed by atoms with Crippen LogP contribution in [0.5, 0.6) is 0 Å². The van der Waals surface area contributed by atoms with Gasteiger partial charge in [0.05, 0.1) is 4.58 Å². The smallest absolute Gasteiger partial charge is 0.319 e. The van der Waals surface area contributed by atoms with Crippen molar-refractivity contribution >= 4 is 41.2 Å². The van der Waals surface area contributed by atoms with Gasteiger partial charge in [0, 0.05) is 30.2 Å². The molecular weight excluding hydrogens is 308 g/mol. The fourth-order valence-corrected chi connectivity index (χ4v) is 4.77. The molecule has 0 unspecified atom stereocenters. The minimum atomic E-state index is -0.850. The van der Waals surface area contributed by atoms with Gasteiger partial charge in [-0.1, -0.05) is 12.1 Å². The Labute approximate surface area is 132 Å². The Hall–Kier alpha value is -1.34. The van der Waals surface area contributed by atoms with Gasteiger partial charge < -0.3 is 15.7 Å². The molecule has 5 nitrogen and oxygen atoms in total. The van der Waals surface area contributed by atoms with E-state index in [-0.39, 0.29) is 12.5 Å². The van der Waals surface area contributed by atoms with Crippen molar-refractivity contribution in [2.45, 2.75) is 17.4 Å². The number of amides is 2. The number of carboxylic acid groups (broad SMARTS) is 1. The van der Waals surface area contributed by atoms with Crippen LogP contribution in [-0.2, 0) is 4.79 Å². The zero-order valence-corrected chi connectivity index (χ0v) is 13.1. The highest BCUT2D eigenvalue weighted by Gasteiger charge is 2.18. The standard InChI is InChI=1S/C14H18N2O3S2/c17-12(18)5-2-6-15-14(19)16-11-4-1-3-10(9-11)13-20-7-8-21-13/h1,3-4,9,13H,2,5-8H2,(H,17,18)(H2,15,16,19). The molecule has 2 amide bonds. The van der Waals surface area contributed by atoms with E-state index < -0.39 is 5.97 Å². The van der Waals surface area contributed by atoms with Gasteiger partial charge in [-0.05, 0) is 24.1 Å². The van der Waals surface area contributed by atoms with Crippen molar-refractivity contribution in [1.29, 1.82) is 0 Å². The van der Waals surface area contributed by atoms with Crippen molar-refractivity contribution in [1.82, 2.24) is 5.32 Å². The lowest BCUT2D eigenvalue weighted by Gasteiger charge is -2.11. The van der Waals surface area contributed by atoms with E-state index in [4.69, 9.17) is 5.11 Å². The fraction of sp³-hybridized carbons (Fsp3) is 0.429. The van der Waals surface area contributed by atoms with Crippen molar-refractivity contribution in [3.05, 3.63) is 29.8 Å². The molecule has 1 fully saturated rings. The quantitative estimate of drug-likeness (QED) is 0.700. The second-order valence-electron chi connectivity index (χ2n) is 4.58. The Kier molecular flexibility index (Phi) is 6.25. The first-order chi connectivity index (χ1) is 10.1. The van der Waals surface area contributed by atoms with Crippen molar-refractivity contribution in [2.24, 2.45) is 0 Å². The molecule has 1 aromatic carbocycles. The highest BCUT2D eigenvalue weighted by atomic mass is 32.2. The minimum absolute atomic E-state index is 0.0614. The maximum absolute atomic E-state index is 11.7. The largest absolute Gasteiger partial charge is 0.481 e. The Morgan fingerprint density at radius 2 is 2.05 bits per heavy atom. The van der Waals surface area contributed by atoms with Crippen LogP contribution in [0.4, 0.5) is 10.5 Å². The summed E-state index contributed by atoms with van der Waals surface area (Å²) in [5.74, 6) is 1.48. The molecule has 21 heavy (non-hydrogen) atoms. The van der Waals surface area contributed by atoms with E-state index in [2.05, 4.69) is 16.7 Å². The van der Waals surface area contributed by atoms with Crippen LogP contribution >= 0.6 is 23.5 Å². The number of hydrogen-bond acceptors (Lipinski definition) is 4. The Balaban J connectivity index is 1.80. The molecule has 0 saturated carbocycles. The normalized spacial score (nSPS) is 14.9. The van der Waals surface area contributed by atoms with Gasteiger partial charge in [-0.25, -0.2) is 4.79 Å². The van der Waals surface area contributed by atoms with Crippen LogP contribution in [-0.4, -0.2) is 35.2 Å². The predicted octanol–water partition coefficient (Wildman–Crippen LogP) is 3.15. The molecule has 7 heteroatoms. The topological polar surface area (TPSA) is 78.4 Å². The average molecular weight is 326 g/mol. The minimum Gasteiger partial charge on any atom is -0.481 e. The number of rotatable bonds is 6. The summed E-state index contributed by atoms with van der Waals surface area (Å²) < 4.78 is 0.449. The molecule has 1 aromatic rings. The van der Waals surface area contributed by atoms with E-state index in [0.717, 1.165) is 17.2 Å². The second kappa shape index (κ2) is 8.19. The molecule has 0 bridgehead atoms. The molecule has 0 aliphatic carbocycles. The molecule has 114 valence electrons. The monoisotopic (exact) mass is 326 g/mol. The number of nitrogens with one attached hydrogen (secondary N) is 2. The van der Waals surface area contributed by atoms with Crippen molar-refractivity contribution < 1.29 is 14.7 Å². The number of benzene rings is 1. The maximum atomic E-state index is 11.7. The average Bonchev–Trinajstić information content (AvgIpc) is 2.98. The Morgan fingerprint density at radius 1 is 1.29 bits per heavy atom. The molecular formula is C14H18N2O3S2. The van der Waals surface area contributed by atoms with E-state index in [1.807, 2.05) is 41.7 Å². The summed E-state index contributed by atoms with van der Waals surface area (Å²) in [6.07, 6.45) is 0.490. The van der Waals surface area contributed by atoms with E-state index in [1.54, 1.807) is 0 Å². The van der Waals surface area contributed by atoms with Gasteiger partial charge in [0.2, 0.25) is 0 Å². The Morgan fingerprint density at radius 3 is 2.76 bits per heavy atom. The van der Waals surface area contributed by atoms with Gasteiger partial charge >= 0.3 is 12.0 Å². The van der Waals surface area contributed by atoms with E-state index in [1.165, 1.54) is 5.56 Å². The summed E-state index contributed by atoms with van der Waals surface area (Å²) >= 11 is 3.84. The van der Waals surface area contributed by atoms with E-state index in [9.17, 15) is 9.59 Å². The summed E-state index contributed by atoms with van der Waals surface area (Å²) in [5.41, 5.74) is 1.97. The lowest BCUT2D eigenvalue weighted by atomic mass is 10.2. The molecule has 3 N–H and O–H groups in total. The van der Waals surface area contributed by atoms with Crippen LogP contribution in [0.25, 0.3) is 0 Å². The number of aliphatic carboxylic acids is 1. The molecule has 0 spiro atoms. The van der Waals surface area contributed by atoms with Crippen LogP contribution in [0.2, 0.25) is 0 Å². The number of carbonyl (C=O) groups is 2. The van der Waals surface area contributed by atoms with E-state index in [0.29, 0.717) is 17.5 Å². The predicted molar refractivity (Wildman–Crippen MR) is 88.0 cm³/mol. The first-order valence-electron chi connectivity index (χ1n) is 6.75. The molecule has 0 aromatic heterocycles. The number of anilines is 1. The third-order valence-electron chi connectivity index (χ3n) is 2.89. The van der Waals surface area contributed by atoms with Gasteiger partial charge in [0.15, 0.2) is 0 Å². The highest BCUT2D eigenvalue weighted by Crippen LogP contribution is 2.45. The van der Waals surface area contributed by atoms with Crippen LogP contribution in [0.15, 0.2) is 24.3 Å². The maximum Gasteiger partial charge on any atom is 0.319 e. The zero-order valence-electron chi connectivity index (χ0n) is 11.5. The number of thioether (sulfide) groups is 2. The summed E-state index contributed by atoms with van der Waals surface area (Å²) in [6, 6.07) is 7.56. The van der Waals surface area contributed by atoms with Crippen LogP contribution in [0.3, 0.4) is 0 Å². The molecule has 0 atom stereocenters. The third kappa shape index (κ3) is 5.51. The summed E-state index contributed by atoms with van der Waals surface area (Å²) in [5, 5.41) is 13.9. The number of carbonyl (C=O) groups excluding carboxylic acids is 1. The van der Waals surface area contributed by atoms with Gasteiger partial charge in [-0.3, -0.25) is 4.79 Å². The number of hydrogen-bond donors (Lipinski definition) is 3. The van der Waals surface area contributed by atoms with Gasteiger partial charge in [0.1, 0.15) is 0 Å². The van der Waals surface area contributed by atoms with Crippen molar-refractivity contribution in [2.75, 3.05) is 23.4 Å². The molecule has 1 heterocycles. The van der Waals surface area contributed by atoms with Crippen molar-refractivity contribution in [3.8, 4) is 0 Å². The van der Waals surface area contributed by atoms with Crippen LogP contribution in [0, 0.1) is 0 Å².